The zero-order chi connectivity index (χ0) is 75.3. The Kier molecular flexibility index (Phi) is 25.2. The lowest BCUT2D eigenvalue weighted by Gasteiger charge is -2.27. The van der Waals surface area contributed by atoms with Crippen molar-refractivity contribution < 1.29 is 79.3 Å². The fraction of sp³-hybridized carbons (Fsp3) is 0.375. The molecule has 0 saturated carbocycles. The van der Waals surface area contributed by atoms with Gasteiger partial charge in [0.1, 0.15) is 22.6 Å². The molecule has 548 valence electrons. The summed E-state index contributed by atoms with van der Waals surface area (Å²) in [6.45, 7) is 19.8. The predicted octanol–water partition coefficient (Wildman–Crippen LogP) is 8.30. The number of aromatic nitrogens is 7. The highest BCUT2D eigenvalue weighted by Crippen LogP contribution is 2.42. The number of oxime groups is 2. The number of carbonyl (C=O) groups excluding carboxylic acids is 5. The number of hydrogen-bond acceptors (Lipinski definition) is 23. The molecular formula is C72H84N10O19S2. The van der Waals surface area contributed by atoms with Gasteiger partial charge in [0.15, 0.2) is 26.9 Å². The number of sulfonamides is 1. The summed E-state index contributed by atoms with van der Waals surface area (Å²) in [7, 11) is -4.07. The molecule has 0 saturated heterocycles. The third kappa shape index (κ3) is 17.4. The van der Waals surface area contributed by atoms with Gasteiger partial charge in [-0.3, -0.25) is 14.4 Å². The van der Waals surface area contributed by atoms with Crippen molar-refractivity contribution in [2.75, 3.05) is 46.4 Å². The van der Waals surface area contributed by atoms with Crippen molar-refractivity contribution in [2.45, 2.75) is 123 Å². The van der Waals surface area contributed by atoms with Crippen LogP contribution < -0.4 is 25.4 Å². The first-order valence-corrected chi connectivity index (χ1v) is 36.4. The van der Waals surface area contributed by atoms with Gasteiger partial charge in [0.25, 0.3) is 15.6 Å². The van der Waals surface area contributed by atoms with Gasteiger partial charge in [-0.2, -0.15) is 5.10 Å². The Labute approximate surface area is 595 Å². The maximum absolute atomic E-state index is 13.5. The van der Waals surface area contributed by atoms with E-state index in [0.29, 0.717) is 97.5 Å². The number of ether oxygens (including phenoxy) is 5. The average Bonchev–Trinajstić information content (AvgIpc) is 1.65. The molecule has 0 unspecified atom stereocenters. The minimum Gasteiger partial charge on any atom is -0.493 e. The molecule has 0 bridgehead atoms. The van der Waals surface area contributed by atoms with Crippen molar-refractivity contribution >= 4 is 61.0 Å². The van der Waals surface area contributed by atoms with E-state index < -0.39 is 65.2 Å². The summed E-state index contributed by atoms with van der Waals surface area (Å²) in [6, 6.07) is 30.4. The van der Waals surface area contributed by atoms with E-state index in [9.17, 15) is 55.5 Å². The van der Waals surface area contributed by atoms with Crippen LogP contribution in [0.2, 0.25) is 0 Å². The summed E-state index contributed by atoms with van der Waals surface area (Å²) >= 11 is 0. The van der Waals surface area contributed by atoms with E-state index in [1.165, 1.54) is 60.9 Å². The number of nitrogens with zero attached hydrogens (tertiary/aromatic N) is 9. The number of benzene rings is 5. The van der Waals surface area contributed by atoms with Gasteiger partial charge in [-0.15, -0.1) is 9.78 Å². The van der Waals surface area contributed by atoms with Crippen LogP contribution in [0, 0.1) is 19.3 Å². The van der Waals surface area contributed by atoms with E-state index in [2.05, 4.69) is 58.1 Å². The molecule has 0 spiro atoms. The number of carbonyl (C=O) groups is 5. The quantitative estimate of drug-likeness (QED) is 0.0602. The van der Waals surface area contributed by atoms with E-state index >= 15 is 0 Å². The number of aromatic hydroxyl groups is 1. The Bertz CT molecular complexity index is 4840. The average molecular weight is 1460 g/mol. The van der Waals surface area contributed by atoms with Crippen LogP contribution in [0.25, 0.3) is 11.1 Å². The smallest absolute Gasteiger partial charge is 0.360 e. The fourth-order valence-electron chi connectivity index (χ4n) is 11.3. The third-order valence-corrected chi connectivity index (χ3v) is 19.1. The van der Waals surface area contributed by atoms with Gasteiger partial charge in [-0.05, 0) is 107 Å². The zero-order valence-corrected chi connectivity index (χ0v) is 61.2. The number of aryl methyl sites for hydroxylation is 4. The molecule has 6 heterocycles. The van der Waals surface area contributed by atoms with Gasteiger partial charge in [0, 0.05) is 49.0 Å². The molecule has 3 aliphatic rings. The molecule has 0 radical (unpaired) electrons. The molecule has 3 aromatic heterocycles. The Morgan fingerprint density at radius 2 is 1.34 bits per heavy atom. The van der Waals surface area contributed by atoms with E-state index in [0.717, 1.165) is 64.7 Å². The summed E-state index contributed by atoms with van der Waals surface area (Å²) in [5.74, 6) is -2.02. The Hall–Kier alpha value is -10.8. The first kappa shape index (κ1) is 77.9. The molecule has 103 heavy (non-hydrogen) atoms. The van der Waals surface area contributed by atoms with Crippen LogP contribution in [0.15, 0.2) is 145 Å². The maximum atomic E-state index is 13.5. The topological polar surface area (TPSA) is 360 Å². The lowest BCUT2D eigenvalue weighted by molar-refractivity contribution is -0.143. The van der Waals surface area contributed by atoms with Crippen molar-refractivity contribution in [3.05, 3.63) is 192 Å². The molecule has 5 aromatic carbocycles. The monoisotopic (exact) mass is 1460 g/mol. The highest BCUT2D eigenvalue weighted by Gasteiger charge is 2.45. The number of ketones is 1. The molecule has 11 rings (SSSR count). The van der Waals surface area contributed by atoms with Gasteiger partial charge in [0.2, 0.25) is 11.8 Å². The number of amides is 1. The first-order valence-electron chi connectivity index (χ1n) is 33.0. The van der Waals surface area contributed by atoms with Crippen molar-refractivity contribution in [3.63, 3.8) is 0 Å². The minimum atomic E-state index is -4.48. The van der Waals surface area contributed by atoms with Crippen molar-refractivity contribution in [3.8, 4) is 28.9 Å². The highest BCUT2D eigenvalue weighted by molar-refractivity contribution is 7.91. The maximum Gasteiger partial charge on any atom is 0.360 e. The molecule has 29 nitrogen and oxygen atoms in total. The second-order valence-corrected chi connectivity index (χ2v) is 28.5. The first-order chi connectivity index (χ1) is 48.9. The summed E-state index contributed by atoms with van der Waals surface area (Å²) in [4.78, 5) is 97.6. The standard InChI is InChI=1S/C23H32N2O4.C18H17NO3.C16H17N3O5S.C15H18N4O7S/c1-7-16-13-15(3)14-17(8-2)18(16)19-20(26)24-9-11-28-12-10-25(24)21(19)29-22(27)23(4,5)6;1-2-21-17(20)16-13-18(22-19-16,14-9-5-3-6-10-14)15-11-7-4-8-12-15;1-9-10(15(20)11-8-17-19(2)16(11)21)4-5-13(25(3,22)23)14(9)12-6-7-24-18-12;1-4-9-26-14-16-19(15(22)18(14)2)13(21)17-27(23,24)11-8-6-5-7-10(11)12(20)25-3/h13-14H,7-12H2,1-6H3;3-12H,2,13H2,1H3;4-5,8,21H,6-7H2,1-3H3;5-8H,4,9H2,1-3H3,(H,17,21). The summed E-state index contributed by atoms with van der Waals surface area (Å²) in [6.07, 6.45) is 5.44. The van der Waals surface area contributed by atoms with Crippen molar-refractivity contribution in [1.82, 2.24) is 38.2 Å². The van der Waals surface area contributed by atoms with Crippen LogP contribution in [-0.2, 0) is 99.0 Å². The largest absolute Gasteiger partial charge is 0.493 e. The number of hydrogen-bond donors (Lipinski definition) is 2. The normalized spacial score (nSPS) is 13.8. The number of rotatable bonds is 18. The second kappa shape index (κ2) is 33.3. The lowest BCUT2D eigenvalue weighted by atomic mass is 9.82. The molecule has 31 heteroatoms. The molecule has 0 fully saturated rings. The highest BCUT2D eigenvalue weighted by atomic mass is 32.2. The zero-order valence-electron chi connectivity index (χ0n) is 59.6. The number of esters is 3. The summed E-state index contributed by atoms with van der Waals surface area (Å²) in [5, 5.41) is 25.4. The van der Waals surface area contributed by atoms with Crippen LogP contribution in [0.4, 0.5) is 4.79 Å². The Balaban J connectivity index is 0.000000175. The third-order valence-electron chi connectivity index (χ3n) is 16.6. The van der Waals surface area contributed by atoms with Gasteiger partial charge < -0.3 is 38.5 Å². The van der Waals surface area contributed by atoms with E-state index in [4.69, 9.17) is 28.6 Å². The van der Waals surface area contributed by atoms with E-state index in [-0.39, 0.29) is 51.6 Å². The van der Waals surface area contributed by atoms with Gasteiger partial charge in [-0.25, -0.2) is 59.3 Å². The Morgan fingerprint density at radius 1 is 0.728 bits per heavy atom. The molecular weight excluding hydrogens is 1370 g/mol. The van der Waals surface area contributed by atoms with Crippen LogP contribution in [0.5, 0.6) is 17.8 Å². The van der Waals surface area contributed by atoms with E-state index in [1.807, 2.05) is 88.4 Å². The van der Waals surface area contributed by atoms with E-state index in [1.54, 1.807) is 27.9 Å². The van der Waals surface area contributed by atoms with Crippen LogP contribution in [-0.4, -0.2) is 143 Å². The van der Waals surface area contributed by atoms with Crippen LogP contribution >= 0.6 is 0 Å². The molecule has 2 N–H and O–H groups in total. The van der Waals surface area contributed by atoms with Gasteiger partial charge in [0.05, 0.1) is 80.8 Å². The number of fused-ring (bicyclic) bond motifs is 1. The SMILES string of the molecule is CCCOc1nn(C(=O)NS(=O)(=O)c2ccccc2C(=O)OC)c(=O)n1C.CCOC(=O)C1=NOC(c2ccccc2)(c2ccccc2)C1.CCc1cc(C)cc(CC)c1-c1c(OC(=O)C(C)(C)C)n2n(c1=O)CCOCC2.Cc1c(C(=O)c2cnn(C)c2O)ccc(S(C)(=O)=O)c1C1=NOCC1. The predicted molar refractivity (Wildman–Crippen MR) is 379 cm³/mol. The van der Waals surface area contributed by atoms with Crippen LogP contribution in [0.1, 0.15) is 133 Å². The van der Waals surface area contributed by atoms with Crippen molar-refractivity contribution in [2.24, 2.45) is 29.8 Å². The fourth-order valence-corrected chi connectivity index (χ4v) is 13.4. The Morgan fingerprint density at radius 3 is 1.88 bits per heavy atom. The lowest BCUT2D eigenvalue weighted by Crippen LogP contribution is -2.40. The molecule has 8 aromatic rings. The molecule has 3 aliphatic heterocycles. The summed E-state index contributed by atoms with van der Waals surface area (Å²) in [5.41, 5.74) is 5.97. The number of methoxy groups -OCH3 is 1. The van der Waals surface area contributed by atoms with Gasteiger partial charge in [-0.1, -0.05) is 122 Å². The number of sulfone groups is 1. The molecule has 0 aliphatic carbocycles. The minimum absolute atomic E-state index is 0.0493. The second-order valence-electron chi connectivity index (χ2n) is 24.9. The number of nitrogens with one attached hydrogen (secondary N) is 1. The molecule has 1 amide bonds. The van der Waals surface area contributed by atoms with Gasteiger partial charge >= 0.3 is 35.6 Å². The summed E-state index contributed by atoms with van der Waals surface area (Å²) < 4.78 is 83.2. The molecule has 0 atom stereocenters. The van der Waals surface area contributed by atoms with Crippen molar-refractivity contribution in [1.29, 1.82) is 0 Å². The van der Waals surface area contributed by atoms with Crippen LogP contribution in [0.3, 0.4) is 0 Å².